The summed E-state index contributed by atoms with van der Waals surface area (Å²) >= 11 is 0. The Bertz CT molecular complexity index is 930. The van der Waals surface area contributed by atoms with Gasteiger partial charge in [0.1, 0.15) is 16.5 Å². The van der Waals surface area contributed by atoms with Gasteiger partial charge in [-0.25, -0.2) is 17.8 Å². The molecule has 0 bridgehead atoms. The summed E-state index contributed by atoms with van der Waals surface area (Å²) in [5.41, 5.74) is 0.620. The van der Waals surface area contributed by atoms with Crippen LogP contribution in [0, 0.1) is 5.82 Å². The van der Waals surface area contributed by atoms with Gasteiger partial charge in [-0.3, -0.25) is 0 Å². The van der Waals surface area contributed by atoms with E-state index in [-0.39, 0.29) is 16.8 Å². The lowest BCUT2D eigenvalue weighted by Gasteiger charge is -2.35. The number of nitrogens with one attached hydrogen (secondary N) is 1. The fourth-order valence-corrected chi connectivity index (χ4v) is 5.57. The zero-order valence-corrected chi connectivity index (χ0v) is 17.2. The van der Waals surface area contributed by atoms with Gasteiger partial charge in [0.15, 0.2) is 0 Å². The number of hydrogen-bond donors (Lipinski definition) is 1. The molecule has 2 fully saturated rings. The summed E-state index contributed by atoms with van der Waals surface area (Å²) in [6.45, 7) is 2.66. The van der Waals surface area contributed by atoms with Crippen LogP contribution in [0.2, 0.25) is 0 Å². The highest BCUT2D eigenvalue weighted by molar-refractivity contribution is 7.89. The third-order valence-electron chi connectivity index (χ3n) is 5.66. The topological polar surface area (TPSA) is 65.5 Å². The standard InChI is InChI=1S/C21H27FN4O2S/c22-19-8-2-3-9-20(19)25-12-6-7-17(16-25)24-21-11-10-18(15-23-21)29(27,28)26-13-4-1-5-14-26/h2-3,8-11,15,17H,1,4-7,12-14,16H2,(H,23,24). The molecule has 2 aromatic rings. The minimum Gasteiger partial charge on any atom is -0.367 e. The summed E-state index contributed by atoms with van der Waals surface area (Å²) in [5, 5.41) is 3.37. The Balaban J connectivity index is 1.41. The molecule has 1 aromatic carbocycles. The highest BCUT2D eigenvalue weighted by Crippen LogP contribution is 2.25. The molecule has 6 nitrogen and oxygen atoms in total. The first-order valence-electron chi connectivity index (χ1n) is 10.3. The molecule has 0 aliphatic carbocycles. The highest BCUT2D eigenvalue weighted by Gasteiger charge is 2.26. The molecule has 1 unspecified atom stereocenters. The Morgan fingerprint density at radius 3 is 2.52 bits per heavy atom. The number of para-hydroxylation sites is 1. The van der Waals surface area contributed by atoms with Crippen molar-refractivity contribution in [2.75, 3.05) is 36.4 Å². The molecule has 156 valence electrons. The minimum atomic E-state index is -3.47. The van der Waals surface area contributed by atoms with Crippen LogP contribution in [0.5, 0.6) is 0 Å². The number of rotatable bonds is 5. The molecule has 2 aliphatic rings. The predicted octanol–water partition coefficient (Wildman–Crippen LogP) is 3.48. The second-order valence-corrected chi connectivity index (χ2v) is 9.66. The zero-order valence-electron chi connectivity index (χ0n) is 16.4. The van der Waals surface area contributed by atoms with Crippen molar-refractivity contribution in [1.29, 1.82) is 0 Å². The summed E-state index contributed by atoms with van der Waals surface area (Å²) in [5.74, 6) is 0.432. The molecule has 2 saturated heterocycles. The lowest BCUT2D eigenvalue weighted by Crippen LogP contribution is -2.42. The van der Waals surface area contributed by atoms with E-state index in [4.69, 9.17) is 0 Å². The summed E-state index contributed by atoms with van der Waals surface area (Å²) in [4.78, 5) is 6.62. The Hall–Kier alpha value is -2.19. The first-order valence-corrected chi connectivity index (χ1v) is 11.7. The fraction of sp³-hybridized carbons (Fsp3) is 0.476. The molecule has 0 radical (unpaired) electrons. The van der Waals surface area contributed by atoms with E-state index in [0.29, 0.717) is 31.1 Å². The van der Waals surface area contributed by atoms with E-state index >= 15 is 0 Å². The van der Waals surface area contributed by atoms with E-state index in [9.17, 15) is 12.8 Å². The lowest BCUT2D eigenvalue weighted by molar-refractivity contribution is 0.346. The number of nitrogens with zero attached hydrogens (tertiary/aromatic N) is 3. The van der Waals surface area contributed by atoms with Crippen molar-refractivity contribution in [1.82, 2.24) is 9.29 Å². The van der Waals surface area contributed by atoms with Crippen molar-refractivity contribution in [2.45, 2.75) is 43.0 Å². The monoisotopic (exact) mass is 418 g/mol. The van der Waals surface area contributed by atoms with Gasteiger partial charge in [-0.15, -0.1) is 0 Å². The smallest absolute Gasteiger partial charge is 0.244 e. The van der Waals surface area contributed by atoms with Crippen molar-refractivity contribution in [3.8, 4) is 0 Å². The highest BCUT2D eigenvalue weighted by atomic mass is 32.2. The molecular weight excluding hydrogens is 391 g/mol. The van der Waals surface area contributed by atoms with Crippen LogP contribution in [0.25, 0.3) is 0 Å². The fourth-order valence-electron chi connectivity index (χ4n) is 4.10. The van der Waals surface area contributed by atoms with Gasteiger partial charge in [0.25, 0.3) is 0 Å². The number of piperidine rings is 2. The van der Waals surface area contributed by atoms with Crippen molar-refractivity contribution in [2.24, 2.45) is 0 Å². The van der Waals surface area contributed by atoms with Crippen molar-refractivity contribution in [3.05, 3.63) is 48.4 Å². The summed E-state index contributed by atoms with van der Waals surface area (Å²) in [6, 6.07) is 10.3. The van der Waals surface area contributed by atoms with Gasteiger partial charge in [0, 0.05) is 38.4 Å². The Kier molecular flexibility index (Phi) is 6.01. The normalized spacial score (nSPS) is 21.1. The molecule has 4 rings (SSSR count). The molecule has 2 aliphatic heterocycles. The third kappa shape index (κ3) is 4.53. The molecular formula is C21H27FN4O2S. The first kappa shape index (κ1) is 20.1. The summed E-state index contributed by atoms with van der Waals surface area (Å²) in [6.07, 6.45) is 6.25. The number of benzene rings is 1. The van der Waals surface area contributed by atoms with Gasteiger partial charge in [0.2, 0.25) is 10.0 Å². The van der Waals surface area contributed by atoms with Crippen LogP contribution >= 0.6 is 0 Å². The Morgan fingerprint density at radius 2 is 1.79 bits per heavy atom. The Morgan fingerprint density at radius 1 is 1.00 bits per heavy atom. The van der Waals surface area contributed by atoms with Crippen LogP contribution in [0.3, 0.4) is 0 Å². The zero-order chi connectivity index (χ0) is 20.3. The minimum absolute atomic E-state index is 0.125. The predicted molar refractivity (Wildman–Crippen MR) is 112 cm³/mol. The van der Waals surface area contributed by atoms with Crippen molar-refractivity contribution in [3.63, 3.8) is 0 Å². The van der Waals surface area contributed by atoms with Gasteiger partial charge < -0.3 is 10.2 Å². The van der Waals surface area contributed by atoms with E-state index in [1.54, 1.807) is 28.6 Å². The van der Waals surface area contributed by atoms with Gasteiger partial charge in [-0.1, -0.05) is 18.6 Å². The quantitative estimate of drug-likeness (QED) is 0.805. The average Bonchev–Trinajstić information content (AvgIpc) is 2.75. The molecule has 1 N–H and O–H groups in total. The van der Waals surface area contributed by atoms with E-state index < -0.39 is 10.0 Å². The molecule has 29 heavy (non-hydrogen) atoms. The van der Waals surface area contributed by atoms with Gasteiger partial charge >= 0.3 is 0 Å². The van der Waals surface area contributed by atoms with Crippen LogP contribution in [0.4, 0.5) is 15.9 Å². The summed E-state index contributed by atoms with van der Waals surface area (Å²) in [7, 11) is -3.47. The maximum atomic E-state index is 14.1. The van der Waals surface area contributed by atoms with E-state index in [1.165, 1.54) is 12.3 Å². The number of halogens is 1. The molecule has 3 heterocycles. The van der Waals surface area contributed by atoms with Gasteiger partial charge in [0.05, 0.1) is 5.69 Å². The van der Waals surface area contributed by atoms with Gasteiger partial charge in [-0.2, -0.15) is 4.31 Å². The number of sulfonamides is 1. The number of pyridine rings is 1. The number of anilines is 2. The molecule has 0 spiro atoms. The van der Waals surface area contributed by atoms with Crippen LogP contribution in [0.15, 0.2) is 47.5 Å². The van der Waals surface area contributed by atoms with E-state index in [1.807, 2.05) is 11.0 Å². The van der Waals surface area contributed by atoms with Crippen LogP contribution in [-0.2, 0) is 10.0 Å². The number of hydrogen-bond acceptors (Lipinski definition) is 5. The average molecular weight is 419 g/mol. The van der Waals surface area contributed by atoms with Crippen molar-refractivity contribution >= 4 is 21.5 Å². The van der Waals surface area contributed by atoms with Gasteiger partial charge in [-0.05, 0) is 49.9 Å². The molecule has 0 saturated carbocycles. The molecule has 1 atom stereocenters. The van der Waals surface area contributed by atoms with Crippen LogP contribution in [0.1, 0.15) is 32.1 Å². The lowest BCUT2D eigenvalue weighted by atomic mass is 10.0. The van der Waals surface area contributed by atoms with Crippen LogP contribution in [-0.4, -0.2) is 49.9 Å². The molecule has 8 heteroatoms. The van der Waals surface area contributed by atoms with Crippen LogP contribution < -0.4 is 10.2 Å². The van der Waals surface area contributed by atoms with E-state index in [2.05, 4.69) is 10.3 Å². The van der Waals surface area contributed by atoms with Crippen molar-refractivity contribution < 1.29 is 12.8 Å². The molecule has 1 aromatic heterocycles. The first-order chi connectivity index (χ1) is 14.0. The SMILES string of the molecule is O=S(=O)(c1ccc(NC2CCCN(c3ccccc3F)C2)nc1)N1CCCCC1. The largest absolute Gasteiger partial charge is 0.367 e. The maximum Gasteiger partial charge on any atom is 0.244 e. The second-order valence-electron chi connectivity index (χ2n) is 7.72. The molecule has 0 amide bonds. The maximum absolute atomic E-state index is 14.1. The second kappa shape index (κ2) is 8.67. The Labute approximate surface area is 171 Å². The third-order valence-corrected chi connectivity index (χ3v) is 7.54. The summed E-state index contributed by atoms with van der Waals surface area (Å²) < 4.78 is 41.1. The number of aromatic nitrogens is 1. The van der Waals surface area contributed by atoms with E-state index in [0.717, 1.165) is 38.6 Å².